The summed E-state index contributed by atoms with van der Waals surface area (Å²) < 4.78 is 10.5. The van der Waals surface area contributed by atoms with Gasteiger partial charge in [-0.05, 0) is 52.4 Å². The summed E-state index contributed by atoms with van der Waals surface area (Å²) >= 11 is 0. The molecule has 1 aliphatic heterocycles. The van der Waals surface area contributed by atoms with Gasteiger partial charge >= 0.3 is 11.9 Å². The highest BCUT2D eigenvalue weighted by Gasteiger charge is 2.18. The standard InChI is InChI=1S/C16H28O6/c1-11-3-5-13(17)8-10-16(20)22-12(2)4-6-14(18)7-9-15(19)21-11/h11-14,17-18H,3-10H2,1-2H3/t11-,12?,13+,14+/m1/s1. The van der Waals surface area contributed by atoms with E-state index < -0.39 is 12.2 Å². The van der Waals surface area contributed by atoms with Crippen molar-refractivity contribution >= 4 is 11.9 Å². The zero-order valence-electron chi connectivity index (χ0n) is 13.5. The van der Waals surface area contributed by atoms with Crippen molar-refractivity contribution in [2.75, 3.05) is 0 Å². The van der Waals surface area contributed by atoms with Crippen molar-refractivity contribution in [3.63, 3.8) is 0 Å². The monoisotopic (exact) mass is 316 g/mol. The molecule has 0 bridgehead atoms. The lowest BCUT2D eigenvalue weighted by molar-refractivity contribution is -0.149. The summed E-state index contributed by atoms with van der Waals surface area (Å²) in [6.07, 6.45) is 1.30. The molecule has 1 saturated heterocycles. The maximum Gasteiger partial charge on any atom is 0.306 e. The van der Waals surface area contributed by atoms with E-state index in [-0.39, 0.29) is 37.0 Å². The third-order valence-electron chi connectivity index (χ3n) is 3.84. The van der Waals surface area contributed by atoms with E-state index in [9.17, 15) is 19.8 Å². The van der Waals surface area contributed by atoms with Crippen LogP contribution in [0.4, 0.5) is 0 Å². The fraction of sp³-hybridized carbons (Fsp3) is 0.875. The fourth-order valence-electron chi connectivity index (χ4n) is 2.40. The van der Waals surface area contributed by atoms with Crippen LogP contribution in [0.5, 0.6) is 0 Å². The lowest BCUT2D eigenvalue weighted by Gasteiger charge is -2.19. The smallest absolute Gasteiger partial charge is 0.306 e. The Bertz CT molecular complexity index is 323. The quantitative estimate of drug-likeness (QED) is 0.661. The van der Waals surface area contributed by atoms with Crippen LogP contribution < -0.4 is 0 Å². The molecule has 0 spiro atoms. The Kier molecular flexibility index (Phi) is 8.42. The molecule has 1 aliphatic rings. The largest absolute Gasteiger partial charge is 0.463 e. The van der Waals surface area contributed by atoms with Crippen LogP contribution in [-0.2, 0) is 19.1 Å². The first-order chi connectivity index (χ1) is 10.4. The van der Waals surface area contributed by atoms with Crippen LogP contribution in [0.3, 0.4) is 0 Å². The van der Waals surface area contributed by atoms with Gasteiger partial charge in [0.05, 0.1) is 24.4 Å². The predicted molar refractivity (Wildman–Crippen MR) is 80.1 cm³/mol. The number of cyclic esters (lactones) is 2. The van der Waals surface area contributed by atoms with Crippen molar-refractivity contribution in [1.82, 2.24) is 0 Å². The Morgan fingerprint density at radius 2 is 1.09 bits per heavy atom. The van der Waals surface area contributed by atoms with Crippen LogP contribution in [0.2, 0.25) is 0 Å². The summed E-state index contributed by atoms with van der Waals surface area (Å²) in [6.45, 7) is 3.56. The molecule has 0 aromatic carbocycles. The molecule has 6 heteroatoms. The van der Waals surface area contributed by atoms with E-state index in [1.165, 1.54) is 0 Å². The van der Waals surface area contributed by atoms with Gasteiger partial charge < -0.3 is 19.7 Å². The summed E-state index contributed by atoms with van der Waals surface area (Å²) in [5, 5.41) is 19.7. The number of esters is 2. The average Bonchev–Trinajstić information content (AvgIpc) is 2.46. The summed E-state index contributed by atoms with van der Waals surface area (Å²) in [5.41, 5.74) is 0. The number of hydrogen-bond donors (Lipinski definition) is 2. The van der Waals surface area contributed by atoms with Crippen molar-refractivity contribution in [3.05, 3.63) is 0 Å². The highest BCUT2D eigenvalue weighted by atomic mass is 16.5. The Morgan fingerprint density at radius 1 is 0.727 bits per heavy atom. The number of aliphatic hydroxyl groups excluding tert-OH is 2. The average molecular weight is 316 g/mol. The van der Waals surface area contributed by atoms with Crippen molar-refractivity contribution in [2.45, 2.75) is 89.6 Å². The van der Waals surface area contributed by atoms with Gasteiger partial charge in [0.15, 0.2) is 0 Å². The molecule has 0 amide bonds. The van der Waals surface area contributed by atoms with Crippen LogP contribution in [0, 0.1) is 0 Å². The van der Waals surface area contributed by atoms with Gasteiger partial charge in [-0.25, -0.2) is 0 Å². The van der Waals surface area contributed by atoms with E-state index in [0.29, 0.717) is 38.5 Å². The molecule has 0 aromatic heterocycles. The first-order valence-electron chi connectivity index (χ1n) is 8.12. The van der Waals surface area contributed by atoms with E-state index in [0.717, 1.165) is 0 Å². The van der Waals surface area contributed by atoms with Crippen LogP contribution in [0.1, 0.15) is 65.2 Å². The Morgan fingerprint density at radius 3 is 1.45 bits per heavy atom. The van der Waals surface area contributed by atoms with E-state index >= 15 is 0 Å². The topological polar surface area (TPSA) is 93.1 Å². The third-order valence-corrected chi connectivity index (χ3v) is 3.84. The van der Waals surface area contributed by atoms with Crippen LogP contribution in [0.15, 0.2) is 0 Å². The summed E-state index contributed by atoms with van der Waals surface area (Å²) in [6, 6.07) is 0. The van der Waals surface area contributed by atoms with Crippen molar-refractivity contribution in [2.24, 2.45) is 0 Å². The van der Waals surface area contributed by atoms with Gasteiger partial charge in [0.1, 0.15) is 0 Å². The van der Waals surface area contributed by atoms with Crippen LogP contribution in [0.25, 0.3) is 0 Å². The number of hydrogen-bond acceptors (Lipinski definition) is 6. The van der Waals surface area contributed by atoms with Gasteiger partial charge in [0.25, 0.3) is 0 Å². The van der Waals surface area contributed by atoms with Gasteiger partial charge in [-0.15, -0.1) is 0 Å². The zero-order valence-corrected chi connectivity index (χ0v) is 13.5. The lowest BCUT2D eigenvalue weighted by atomic mass is 10.1. The molecule has 1 fully saturated rings. The van der Waals surface area contributed by atoms with E-state index in [4.69, 9.17) is 9.47 Å². The molecule has 0 aromatic rings. The van der Waals surface area contributed by atoms with Gasteiger partial charge in [-0.2, -0.15) is 0 Å². The maximum absolute atomic E-state index is 11.7. The fourth-order valence-corrected chi connectivity index (χ4v) is 2.40. The predicted octanol–water partition coefficient (Wildman–Crippen LogP) is 1.71. The SMILES string of the molecule is CC1CC[C@H](O)CCC(=O)O[C@H](C)CC[C@H](O)CCC(=O)O1. The van der Waals surface area contributed by atoms with Gasteiger partial charge in [0, 0.05) is 12.8 Å². The Balaban J connectivity index is 2.55. The van der Waals surface area contributed by atoms with Crippen molar-refractivity contribution < 1.29 is 29.3 Å². The lowest BCUT2D eigenvalue weighted by Crippen LogP contribution is -2.22. The molecule has 6 nitrogen and oxygen atoms in total. The minimum absolute atomic E-state index is 0.169. The number of aliphatic hydroxyl groups is 2. The minimum atomic E-state index is -0.598. The Labute approximate surface area is 131 Å². The molecule has 128 valence electrons. The Hall–Kier alpha value is -1.14. The first-order valence-corrected chi connectivity index (χ1v) is 8.12. The maximum atomic E-state index is 11.7. The van der Waals surface area contributed by atoms with E-state index in [1.54, 1.807) is 13.8 Å². The van der Waals surface area contributed by atoms with Crippen molar-refractivity contribution in [1.29, 1.82) is 0 Å². The summed E-state index contributed by atoms with van der Waals surface area (Å²) in [7, 11) is 0. The van der Waals surface area contributed by atoms with E-state index in [1.807, 2.05) is 0 Å². The highest BCUT2D eigenvalue weighted by molar-refractivity contribution is 5.70. The van der Waals surface area contributed by atoms with Gasteiger partial charge in [-0.1, -0.05) is 0 Å². The normalized spacial score (nSPS) is 33.8. The van der Waals surface area contributed by atoms with Gasteiger partial charge in [-0.3, -0.25) is 9.59 Å². The second-order valence-corrected chi connectivity index (χ2v) is 6.14. The van der Waals surface area contributed by atoms with Crippen LogP contribution >= 0.6 is 0 Å². The number of rotatable bonds is 0. The number of ether oxygens (including phenoxy) is 2. The molecule has 0 saturated carbocycles. The van der Waals surface area contributed by atoms with Crippen molar-refractivity contribution in [3.8, 4) is 0 Å². The molecule has 1 rings (SSSR count). The third kappa shape index (κ3) is 8.34. The number of carbonyl (C=O) groups excluding carboxylic acids is 2. The molecule has 0 radical (unpaired) electrons. The molecule has 1 unspecified atom stereocenters. The van der Waals surface area contributed by atoms with Gasteiger partial charge in [0.2, 0.25) is 0 Å². The zero-order chi connectivity index (χ0) is 16.5. The summed E-state index contributed by atoms with van der Waals surface area (Å²) in [4.78, 5) is 23.3. The minimum Gasteiger partial charge on any atom is -0.463 e. The molecule has 2 N–H and O–H groups in total. The second kappa shape index (κ2) is 9.79. The molecular weight excluding hydrogens is 288 g/mol. The molecular formula is C16H28O6. The molecule has 0 aliphatic carbocycles. The van der Waals surface area contributed by atoms with E-state index in [2.05, 4.69) is 0 Å². The molecule has 4 atom stereocenters. The molecule has 22 heavy (non-hydrogen) atoms. The summed E-state index contributed by atoms with van der Waals surface area (Å²) in [5.74, 6) is -0.653. The highest BCUT2D eigenvalue weighted by Crippen LogP contribution is 2.15. The molecule has 1 heterocycles. The number of carbonyl (C=O) groups is 2. The van der Waals surface area contributed by atoms with Crippen LogP contribution in [-0.4, -0.2) is 46.6 Å². The second-order valence-electron chi connectivity index (χ2n) is 6.14. The first kappa shape index (κ1) is 18.9.